The van der Waals surface area contributed by atoms with Gasteiger partial charge >= 0.3 is 0 Å². The normalized spacial score (nSPS) is 24.6. The molecule has 0 aromatic carbocycles. The van der Waals surface area contributed by atoms with E-state index < -0.39 is 0 Å². The quantitative estimate of drug-likeness (QED) is 0.689. The van der Waals surface area contributed by atoms with Crippen LogP contribution in [-0.2, 0) is 4.79 Å². The third-order valence-electron chi connectivity index (χ3n) is 3.25. The highest BCUT2D eigenvalue weighted by Crippen LogP contribution is 2.17. The molecule has 100 valence electrons. The first-order valence-electron chi connectivity index (χ1n) is 6.85. The lowest BCUT2D eigenvalue weighted by Gasteiger charge is -2.26. The Morgan fingerprint density at radius 1 is 1.29 bits per heavy atom. The number of carbonyl (C=O) groups is 1. The molecule has 1 aliphatic carbocycles. The summed E-state index contributed by atoms with van der Waals surface area (Å²) in [4.78, 5) is 11.7. The van der Waals surface area contributed by atoms with Gasteiger partial charge in [0, 0.05) is 24.3 Å². The molecule has 0 saturated heterocycles. The third kappa shape index (κ3) is 6.94. The van der Waals surface area contributed by atoms with Gasteiger partial charge in [-0.15, -0.1) is 0 Å². The topological polar surface area (TPSA) is 55.1 Å². The fourth-order valence-corrected chi connectivity index (χ4v) is 3.10. The molecule has 1 fully saturated rings. The monoisotopic (exact) mass is 258 g/mol. The zero-order valence-electron chi connectivity index (χ0n) is 10.9. The molecule has 3 N–H and O–H groups in total. The number of nitrogens with one attached hydrogen (secondary N) is 1. The van der Waals surface area contributed by atoms with Crippen LogP contribution in [0.3, 0.4) is 0 Å². The summed E-state index contributed by atoms with van der Waals surface area (Å²) in [6.45, 7) is 2.20. The second-order valence-corrected chi connectivity index (χ2v) is 6.12. The van der Waals surface area contributed by atoms with Gasteiger partial charge in [0.05, 0.1) is 0 Å². The first kappa shape index (κ1) is 14.8. The van der Waals surface area contributed by atoms with Gasteiger partial charge in [0.1, 0.15) is 0 Å². The summed E-state index contributed by atoms with van der Waals surface area (Å²) in [6.07, 6.45) is 7.36. The van der Waals surface area contributed by atoms with Crippen LogP contribution < -0.4 is 11.1 Å². The Bertz CT molecular complexity index is 215. The van der Waals surface area contributed by atoms with Crippen molar-refractivity contribution in [3.05, 3.63) is 0 Å². The van der Waals surface area contributed by atoms with E-state index in [2.05, 4.69) is 12.2 Å². The van der Waals surface area contributed by atoms with Gasteiger partial charge < -0.3 is 11.1 Å². The Kier molecular flexibility index (Phi) is 7.69. The van der Waals surface area contributed by atoms with Crippen molar-refractivity contribution in [2.45, 2.75) is 64.0 Å². The molecule has 0 spiro atoms. The van der Waals surface area contributed by atoms with Crippen LogP contribution in [0.5, 0.6) is 0 Å². The molecule has 0 aliphatic heterocycles. The van der Waals surface area contributed by atoms with Gasteiger partial charge in [0.2, 0.25) is 5.91 Å². The van der Waals surface area contributed by atoms with Crippen LogP contribution in [0, 0.1) is 0 Å². The van der Waals surface area contributed by atoms with E-state index in [1.807, 2.05) is 11.8 Å². The zero-order valence-corrected chi connectivity index (χ0v) is 11.7. The fourth-order valence-electron chi connectivity index (χ4n) is 2.08. The van der Waals surface area contributed by atoms with Crippen LogP contribution in [-0.4, -0.2) is 29.5 Å². The fraction of sp³-hybridized carbons (Fsp3) is 0.923. The molecular formula is C13H26N2OS. The smallest absolute Gasteiger partial charge is 0.221 e. The maximum atomic E-state index is 11.7. The lowest BCUT2D eigenvalue weighted by molar-refractivity contribution is -0.121. The molecule has 1 aliphatic rings. The van der Waals surface area contributed by atoms with E-state index in [-0.39, 0.29) is 5.91 Å². The summed E-state index contributed by atoms with van der Waals surface area (Å²) in [6, 6.07) is 0.732. The number of rotatable bonds is 7. The number of hydrogen-bond donors (Lipinski definition) is 2. The summed E-state index contributed by atoms with van der Waals surface area (Å²) in [5.41, 5.74) is 5.84. The van der Waals surface area contributed by atoms with E-state index in [1.54, 1.807) is 0 Å². The van der Waals surface area contributed by atoms with Crippen molar-refractivity contribution in [2.75, 3.05) is 11.5 Å². The van der Waals surface area contributed by atoms with E-state index in [1.165, 1.54) is 18.6 Å². The number of carbonyl (C=O) groups excluding carboxylic acids is 1. The minimum atomic E-state index is 0.217. The molecule has 0 atom stereocenters. The van der Waals surface area contributed by atoms with Gasteiger partial charge in [-0.05, 0) is 37.9 Å². The SMILES string of the molecule is CCCCSCCC(=O)NC1CCC(N)CC1. The summed E-state index contributed by atoms with van der Waals surface area (Å²) >= 11 is 1.89. The second-order valence-electron chi connectivity index (χ2n) is 4.90. The Balaban J connectivity index is 2.00. The third-order valence-corrected chi connectivity index (χ3v) is 4.32. The average molecular weight is 258 g/mol. The number of amides is 1. The van der Waals surface area contributed by atoms with Crippen LogP contribution in [0.1, 0.15) is 51.9 Å². The van der Waals surface area contributed by atoms with Crippen LogP contribution >= 0.6 is 11.8 Å². The van der Waals surface area contributed by atoms with Gasteiger partial charge in [-0.1, -0.05) is 13.3 Å². The zero-order chi connectivity index (χ0) is 12.5. The van der Waals surface area contributed by atoms with E-state index in [4.69, 9.17) is 5.73 Å². The second kappa shape index (κ2) is 8.81. The first-order valence-corrected chi connectivity index (χ1v) is 8.00. The largest absolute Gasteiger partial charge is 0.353 e. The van der Waals surface area contributed by atoms with Crippen LogP contribution in [0.15, 0.2) is 0 Å². The molecule has 17 heavy (non-hydrogen) atoms. The molecule has 1 rings (SSSR count). The Morgan fingerprint density at radius 2 is 2.00 bits per heavy atom. The molecule has 0 bridgehead atoms. The number of nitrogens with two attached hydrogens (primary N) is 1. The minimum Gasteiger partial charge on any atom is -0.353 e. The average Bonchev–Trinajstić information content (AvgIpc) is 2.32. The van der Waals surface area contributed by atoms with Crippen molar-refractivity contribution in [1.82, 2.24) is 5.32 Å². The van der Waals surface area contributed by atoms with Gasteiger partial charge in [-0.3, -0.25) is 4.79 Å². The van der Waals surface area contributed by atoms with Crippen LogP contribution in [0.2, 0.25) is 0 Å². The van der Waals surface area contributed by atoms with E-state index in [9.17, 15) is 4.79 Å². The molecule has 3 nitrogen and oxygen atoms in total. The molecule has 0 aromatic heterocycles. The lowest BCUT2D eigenvalue weighted by Crippen LogP contribution is -2.40. The van der Waals surface area contributed by atoms with E-state index in [0.717, 1.165) is 31.4 Å². The number of unbranched alkanes of at least 4 members (excludes halogenated alkanes) is 1. The Morgan fingerprint density at radius 3 is 2.65 bits per heavy atom. The maximum Gasteiger partial charge on any atom is 0.221 e. The number of hydrogen-bond acceptors (Lipinski definition) is 3. The first-order chi connectivity index (χ1) is 8.22. The Hall–Kier alpha value is -0.220. The standard InChI is InChI=1S/C13H26N2OS/c1-2-3-9-17-10-8-13(16)15-12-6-4-11(14)5-7-12/h11-12H,2-10,14H2,1H3,(H,15,16). The molecule has 1 amide bonds. The predicted molar refractivity (Wildman–Crippen MR) is 75.2 cm³/mol. The van der Waals surface area contributed by atoms with Gasteiger partial charge in [0.15, 0.2) is 0 Å². The van der Waals surface area contributed by atoms with Gasteiger partial charge in [-0.25, -0.2) is 0 Å². The molecule has 0 aromatic rings. The molecule has 0 heterocycles. The van der Waals surface area contributed by atoms with Crippen molar-refractivity contribution in [2.24, 2.45) is 5.73 Å². The van der Waals surface area contributed by atoms with Crippen molar-refractivity contribution in [3.63, 3.8) is 0 Å². The lowest BCUT2D eigenvalue weighted by atomic mass is 9.92. The molecule has 4 heteroatoms. The van der Waals surface area contributed by atoms with Crippen LogP contribution in [0.25, 0.3) is 0 Å². The highest BCUT2D eigenvalue weighted by Gasteiger charge is 2.19. The highest BCUT2D eigenvalue weighted by atomic mass is 32.2. The highest BCUT2D eigenvalue weighted by molar-refractivity contribution is 7.99. The molecule has 0 unspecified atom stereocenters. The van der Waals surface area contributed by atoms with Crippen molar-refractivity contribution >= 4 is 17.7 Å². The molecule has 0 radical (unpaired) electrons. The van der Waals surface area contributed by atoms with E-state index >= 15 is 0 Å². The van der Waals surface area contributed by atoms with Crippen molar-refractivity contribution in [1.29, 1.82) is 0 Å². The van der Waals surface area contributed by atoms with Crippen molar-refractivity contribution in [3.8, 4) is 0 Å². The minimum absolute atomic E-state index is 0.217. The van der Waals surface area contributed by atoms with E-state index in [0.29, 0.717) is 18.5 Å². The summed E-state index contributed by atoms with van der Waals surface area (Å²) in [5, 5.41) is 3.12. The molecular weight excluding hydrogens is 232 g/mol. The van der Waals surface area contributed by atoms with Crippen molar-refractivity contribution < 1.29 is 4.79 Å². The van der Waals surface area contributed by atoms with Gasteiger partial charge in [0.25, 0.3) is 0 Å². The maximum absolute atomic E-state index is 11.7. The predicted octanol–water partition coefficient (Wildman–Crippen LogP) is 2.30. The molecule has 1 saturated carbocycles. The summed E-state index contributed by atoms with van der Waals surface area (Å²) in [7, 11) is 0. The summed E-state index contributed by atoms with van der Waals surface area (Å²) < 4.78 is 0. The van der Waals surface area contributed by atoms with Gasteiger partial charge in [-0.2, -0.15) is 11.8 Å². The number of thioether (sulfide) groups is 1. The summed E-state index contributed by atoms with van der Waals surface area (Å²) in [5.74, 6) is 2.36. The van der Waals surface area contributed by atoms with Crippen LogP contribution in [0.4, 0.5) is 0 Å². The Labute approximate surface area is 109 Å².